The van der Waals surface area contributed by atoms with Crippen LogP contribution in [0.3, 0.4) is 0 Å². The number of primary amides is 1. The van der Waals surface area contributed by atoms with Crippen LogP contribution in [-0.2, 0) is 129 Å². The predicted molar refractivity (Wildman–Crippen MR) is 329 cm³/mol. The lowest BCUT2D eigenvalue weighted by molar-refractivity contribution is -0.277. The number of rotatable bonds is 48. The Balaban J connectivity index is 1.77. The van der Waals surface area contributed by atoms with Crippen molar-refractivity contribution in [3.8, 4) is 0 Å². The van der Waals surface area contributed by atoms with Gasteiger partial charge in [-0.25, -0.2) is 0 Å². The molecule has 2 aliphatic rings. The Bertz CT molecular complexity index is 2380. The summed E-state index contributed by atoms with van der Waals surface area (Å²) in [4.78, 5) is 170. The van der Waals surface area contributed by atoms with Crippen LogP contribution in [0.15, 0.2) is 0 Å². The van der Waals surface area contributed by atoms with Crippen LogP contribution in [0.4, 0.5) is 0 Å². The topological polar surface area (TPSA) is 495 Å². The van der Waals surface area contributed by atoms with Crippen molar-refractivity contribution in [1.29, 1.82) is 0 Å². The van der Waals surface area contributed by atoms with E-state index in [1.165, 1.54) is 27.7 Å². The maximum Gasteiger partial charge on any atom is 0.303 e. The zero-order valence-electron chi connectivity index (χ0n) is 56.0. The minimum absolute atomic E-state index is 0.00972. The third kappa shape index (κ3) is 38.1. The van der Waals surface area contributed by atoms with E-state index in [1.807, 2.05) is 0 Å². The Morgan fingerprint density at radius 2 is 0.708 bits per heavy atom. The molecule has 0 aromatic rings. The molecule has 96 heavy (non-hydrogen) atoms. The van der Waals surface area contributed by atoms with Crippen molar-refractivity contribution < 1.29 is 129 Å². The number of carbonyl (C=O) groups is 14. The summed E-state index contributed by atoms with van der Waals surface area (Å²) in [5.74, 6) is -7.97. The highest BCUT2D eigenvalue weighted by molar-refractivity contribution is 5.79. The second-order valence-corrected chi connectivity index (χ2v) is 22.5. The Morgan fingerprint density at radius 1 is 0.385 bits per heavy atom. The third-order valence-electron chi connectivity index (χ3n) is 14.0. The minimum Gasteiger partial charge on any atom is -0.463 e. The number of esters is 6. The molecular weight excluding hydrogens is 1280 g/mol. The lowest BCUT2D eigenvalue weighted by atomic mass is 9.84. The van der Waals surface area contributed by atoms with Gasteiger partial charge in [-0.2, -0.15) is 0 Å². The molecule has 2 rings (SSSR count). The lowest BCUT2D eigenvalue weighted by Gasteiger charge is -2.44. The first kappa shape index (κ1) is 84.3. The van der Waals surface area contributed by atoms with Gasteiger partial charge < -0.3 is 110 Å². The van der Waals surface area contributed by atoms with Gasteiger partial charge in [-0.1, -0.05) is 0 Å². The third-order valence-corrected chi connectivity index (χ3v) is 14.0. The lowest BCUT2D eigenvalue weighted by Crippen LogP contribution is -2.66. The first-order valence-corrected chi connectivity index (χ1v) is 31.7. The average molecular weight is 1380 g/mol. The molecule has 0 bridgehead atoms. The SMILES string of the molecule is CC(=O)N[C@@H]1[C@H](OCCCCCNC(=O)COCCNC(=O)CCC(N)(CCC(=O)NCCOCC(N)=O)CCC(=O)NCCOCC(=O)NCCCCCO[C@@H]2O[C@H](COC(C)=O)[C@H](OC(C)=O)[C@H](OC(C)=O)[C@@H]2NC(C)=O)O[C@H](COC(C)=O)[C@H](OC(C)=O)[C@@H]1OC(C)=O. The molecule has 0 spiro atoms. The van der Waals surface area contributed by atoms with Crippen LogP contribution in [0.5, 0.6) is 0 Å². The van der Waals surface area contributed by atoms with Crippen molar-refractivity contribution in [2.45, 2.75) is 199 Å². The van der Waals surface area contributed by atoms with E-state index in [4.69, 9.17) is 73.0 Å². The van der Waals surface area contributed by atoms with Gasteiger partial charge in [0.05, 0.1) is 19.8 Å². The number of nitrogens with two attached hydrogens (primary N) is 2. The average Bonchev–Trinajstić information content (AvgIpc) is 0.797. The molecule has 10 atom stereocenters. The van der Waals surface area contributed by atoms with Gasteiger partial charge in [0, 0.05) is 126 Å². The summed E-state index contributed by atoms with van der Waals surface area (Å²) in [7, 11) is 0. The van der Waals surface area contributed by atoms with Crippen molar-refractivity contribution in [2.24, 2.45) is 11.5 Å². The molecule has 36 heteroatoms. The van der Waals surface area contributed by atoms with Gasteiger partial charge in [0.1, 0.15) is 57.3 Å². The van der Waals surface area contributed by atoms with Gasteiger partial charge >= 0.3 is 35.8 Å². The van der Waals surface area contributed by atoms with E-state index in [0.29, 0.717) is 38.5 Å². The standard InChI is InChI=1S/C60H99N9O27/c1-36(70)68-52-56(93-42(7)76)54(91-40(5)74)44(31-89-38(3)72)95-58(52)87-26-13-9-11-21-63-50(82)34-85-29-24-66-48(80)16-19-60(62,18-15-47(79)65-23-28-84-33-46(61)78)20-17-49(81)67-25-30-86-35-51(83)64-22-12-10-14-27-88-59-53(69-37(2)71)57(94-43(8)77)55(92-41(6)75)45(96-59)32-90-39(4)73/h44-45,52-59H,9-35,62H2,1-8H3,(H2,61,78)(H,63,82)(H,64,83)(H,65,79)(H,66,80)(H,67,81)(H,68,70)(H,69,71)/t44-,45-,52+,53+,54+,55+,56-,57-,58-,59-/m1/s1. The number of hydrogen-bond acceptors (Lipinski definition) is 28. The van der Waals surface area contributed by atoms with Crippen LogP contribution < -0.4 is 48.7 Å². The van der Waals surface area contributed by atoms with E-state index in [-0.39, 0.29) is 143 Å². The zero-order chi connectivity index (χ0) is 71.6. The van der Waals surface area contributed by atoms with E-state index in [2.05, 4.69) is 37.2 Å². The smallest absolute Gasteiger partial charge is 0.303 e. The number of amides is 8. The van der Waals surface area contributed by atoms with Gasteiger partial charge in [-0.3, -0.25) is 67.1 Å². The highest BCUT2D eigenvalue weighted by Gasteiger charge is 2.53. The minimum atomic E-state index is -1.26. The quantitative estimate of drug-likeness (QED) is 0.0165. The van der Waals surface area contributed by atoms with E-state index in [9.17, 15) is 67.1 Å². The summed E-state index contributed by atoms with van der Waals surface area (Å²) in [6.45, 7) is 8.62. The largest absolute Gasteiger partial charge is 0.463 e. The predicted octanol–water partition coefficient (Wildman–Crippen LogP) is -3.17. The van der Waals surface area contributed by atoms with Crippen molar-refractivity contribution in [3.05, 3.63) is 0 Å². The van der Waals surface area contributed by atoms with Crippen molar-refractivity contribution in [3.63, 3.8) is 0 Å². The summed E-state index contributed by atoms with van der Waals surface area (Å²) in [5, 5.41) is 18.8. The van der Waals surface area contributed by atoms with Crippen LogP contribution in [0.2, 0.25) is 0 Å². The van der Waals surface area contributed by atoms with E-state index >= 15 is 0 Å². The summed E-state index contributed by atoms with van der Waals surface area (Å²) in [6, 6.07) is -2.22. The van der Waals surface area contributed by atoms with Crippen molar-refractivity contribution in [1.82, 2.24) is 37.2 Å². The van der Waals surface area contributed by atoms with E-state index < -0.39 is 144 Å². The molecule has 2 saturated heterocycles. The molecule has 11 N–H and O–H groups in total. The van der Waals surface area contributed by atoms with Gasteiger partial charge in [-0.15, -0.1) is 0 Å². The number of carbonyl (C=O) groups excluding carboxylic acids is 14. The Labute approximate surface area is 557 Å². The second-order valence-electron chi connectivity index (χ2n) is 22.5. The van der Waals surface area contributed by atoms with Crippen LogP contribution in [-0.4, -0.2) is 249 Å². The van der Waals surface area contributed by atoms with Crippen LogP contribution in [0.25, 0.3) is 0 Å². The molecule has 2 aliphatic heterocycles. The highest BCUT2D eigenvalue weighted by atomic mass is 16.7. The molecule has 546 valence electrons. The van der Waals surface area contributed by atoms with Gasteiger partial charge in [-0.05, 0) is 57.8 Å². The molecule has 0 aromatic heterocycles. The normalized spacial score (nSPS) is 20.6. The monoisotopic (exact) mass is 1380 g/mol. The van der Waals surface area contributed by atoms with Gasteiger partial charge in [0.2, 0.25) is 47.3 Å². The zero-order valence-corrected chi connectivity index (χ0v) is 56.0. The van der Waals surface area contributed by atoms with E-state index in [1.54, 1.807) is 0 Å². The summed E-state index contributed by atoms with van der Waals surface area (Å²) in [6.07, 6.45) is -6.53. The molecule has 2 fully saturated rings. The molecule has 0 saturated carbocycles. The Morgan fingerprint density at radius 3 is 1.02 bits per heavy atom. The molecule has 0 radical (unpaired) electrons. The maximum atomic E-state index is 12.9. The number of ether oxygens (including phenoxy) is 13. The first-order valence-electron chi connectivity index (χ1n) is 31.7. The molecule has 0 aliphatic carbocycles. The molecule has 8 amide bonds. The van der Waals surface area contributed by atoms with Crippen LogP contribution in [0, 0.1) is 0 Å². The van der Waals surface area contributed by atoms with Gasteiger partial charge in [0.15, 0.2) is 37.0 Å². The fraction of sp³-hybridized carbons (Fsp3) is 0.767. The van der Waals surface area contributed by atoms with Gasteiger partial charge in [0.25, 0.3) is 0 Å². The Hall–Kier alpha value is -7.74. The van der Waals surface area contributed by atoms with Crippen LogP contribution in [0.1, 0.15) is 132 Å². The first-order chi connectivity index (χ1) is 45.5. The number of nitrogens with one attached hydrogen (secondary N) is 7. The highest BCUT2D eigenvalue weighted by Crippen LogP contribution is 2.30. The summed E-state index contributed by atoms with van der Waals surface area (Å²) >= 11 is 0. The fourth-order valence-corrected chi connectivity index (χ4v) is 9.65. The molecule has 0 unspecified atom stereocenters. The summed E-state index contributed by atoms with van der Waals surface area (Å²) < 4.78 is 71.8. The van der Waals surface area contributed by atoms with E-state index in [0.717, 1.165) is 27.7 Å². The number of hydrogen-bond donors (Lipinski definition) is 9. The summed E-state index contributed by atoms with van der Waals surface area (Å²) in [5.41, 5.74) is 10.7. The van der Waals surface area contributed by atoms with Crippen molar-refractivity contribution >= 4 is 83.1 Å². The molecular formula is C60H99N9O27. The molecule has 2 heterocycles. The maximum absolute atomic E-state index is 12.9. The number of unbranched alkanes of at least 4 members (excludes halogenated alkanes) is 4. The Kier molecular flexibility index (Phi) is 41.5. The second kappa shape index (κ2) is 47.2. The molecule has 36 nitrogen and oxygen atoms in total. The van der Waals surface area contributed by atoms with Crippen molar-refractivity contribution in [2.75, 3.05) is 98.8 Å². The van der Waals surface area contributed by atoms with Crippen LogP contribution >= 0.6 is 0 Å². The fourth-order valence-electron chi connectivity index (χ4n) is 9.65. The molecule has 0 aromatic carbocycles.